The minimum atomic E-state index is -1.11. The summed E-state index contributed by atoms with van der Waals surface area (Å²) in [6.07, 6.45) is 0. The molecular formula is C19H12O9. The van der Waals surface area contributed by atoms with Gasteiger partial charge in [-0.3, -0.25) is 0 Å². The number of aromatic carboxylic acids is 1. The Hall–Kier alpha value is -4.01. The number of carbonyl (C=O) groups excluding carboxylic acids is 4. The largest absolute Gasteiger partial charge is 0.478 e. The maximum Gasteiger partial charge on any atom is 0.346 e. The molecule has 1 aliphatic heterocycles. The molecule has 0 fully saturated rings. The zero-order valence-electron chi connectivity index (χ0n) is 14.2. The number of carbonyl (C=O) groups is 5. The van der Waals surface area contributed by atoms with E-state index in [4.69, 9.17) is 14.6 Å². The van der Waals surface area contributed by atoms with Crippen LogP contribution in [-0.2, 0) is 14.2 Å². The van der Waals surface area contributed by atoms with E-state index in [0.29, 0.717) is 0 Å². The number of ether oxygens (including phenoxy) is 3. The first-order valence-electron chi connectivity index (χ1n) is 7.95. The van der Waals surface area contributed by atoms with Gasteiger partial charge in [0.05, 0.1) is 27.8 Å². The summed E-state index contributed by atoms with van der Waals surface area (Å²) < 4.78 is 14.3. The Morgan fingerprint density at radius 1 is 0.750 bits per heavy atom. The minimum Gasteiger partial charge on any atom is -0.478 e. The first-order chi connectivity index (χ1) is 13.4. The summed E-state index contributed by atoms with van der Waals surface area (Å²) in [5.41, 5.74) is 0.282. The van der Waals surface area contributed by atoms with Crippen molar-refractivity contribution in [2.24, 2.45) is 0 Å². The van der Waals surface area contributed by atoms with E-state index in [9.17, 15) is 24.0 Å². The van der Waals surface area contributed by atoms with E-state index in [-0.39, 0.29) is 41.0 Å². The number of hydrogen-bond acceptors (Lipinski definition) is 8. The van der Waals surface area contributed by atoms with Crippen molar-refractivity contribution in [2.75, 3.05) is 13.2 Å². The van der Waals surface area contributed by atoms with Crippen LogP contribution in [0.4, 0.5) is 0 Å². The van der Waals surface area contributed by atoms with Crippen LogP contribution in [0.3, 0.4) is 0 Å². The summed E-state index contributed by atoms with van der Waals surface area (Å²) in [4.78, 5) is 57.5. The number of esters is 4. The smallest absolute Gasteiger partial charge is 0.346 e. The summed E-state index contributed by atoms with van der Waals surface area (Å²) in [5, 5.41) is 8.81. The third-order valence-electron chi connectivity index (χ3n) is 3.80. The van der Waals surface area contributed by atoms with Crippen molar-refractivity contribution in [1.82, 2.24) is 0 Å². The molecule has 2 aromatic carbocycles. The molecule has 1 heterocycles. The molecule has 0 bridgehead atoms. The second-order valence-corrected chi connectivity index (χ2v) is 5.59. The van der Waals surface area contributed by atoms with Crippen LogP contribution in [0.5, 0.6) is 0 Å². The van der Waals surface area contributed by atoms with Gasteiger partial charge in [0, 0.05) is 0 Å². The molecule has 0 amide bonds. The van der Waals surface area contributed by atoms with E-state index in [1.807, 2.05) is 0 Å². The second-order valence-electron chi connectivity index (χ2n) is 5.59. The fourth-order valence-corrected chi connectivity index (χ4v) is 2.40. The Morgan fingerprint density at radius 3 is 1.86 bits per heavy atom. The van der Waals surface area contributed by atoms with Gasteiger partial charge in [-0.15, -0.1) is 0 Å². The van der Waals surface area contributed by atoms with Crippen LogP contribution < -0.4 is 0 Å². The van der Waals surface area contributed by atoms with Crippen molar-refractivity contribution < 1.29 is 43.3 Å². The average molecular weight is 384 g/mol. The lowest BCUT2D eigenvalue weighted by Crippen LogP contribution is -2.14. The van der Waals surface area contributed by atoms with Gasteiger partial charge in [0.1, 0.15) is 13.2 Å². The van der Waals surface area contributed by atoms with E-state index in [1.165, 1.54) is 42.5 Å². The molecule has 0 aliphatic carbocycles. The molecule has 3 rings (SSSR count). The molecule has 0 aromatic heterocycles. The molecule has 9 heteroatoms. The summed E-state index contributed by atoms with van der Waals surface area (Å²) in [6.45, 7) is -0.463. The van der Waals surface area contributed by atoms with Gasteiger partial charge in [0.2, 0.25) is 0 Å². The molecule has 0 atom stereocenters. The Kier molecular flexibility index (Phi) is 5.16. The van der Waals surface area contributed by atoms with Gasteiger partial charge >= 0.3 is 29.8 Å². The number of hydrogen-bond donors (Lipinski definition) is 1. The van der Waals surface area contributed by atoms with Gasteiger partial charge in [-0.05, 0) is 42.5 Å². The average Bonchev–Trinajstić information content (AvgIpc) is 2.98. The first-order valence-corrected chi connectivity index (χ1v) is 7.95. The van der Waals surface area contributed by atoms with Crippen molar-refractivity contribution in [1.29, 1.82) is 0 Å². The highest BCUT2D eigenvalue weighted by Gasteiger charge is 2.30. The quantitative estimate of drug-likeness (QED) is 0.342. The lowest BCUT2D eigenvalue weighted by atomic mass is 10.1. The number of carboxylic acid groups (broad SMARTS) is 1. The summed E-state index contributed by atoms with van der Waals surface area (Å²) in [6, 6.07) is 8.95. The van der Waals surface area contributed by atoms with E-state index in [1.54, 1.807) is 0 Å². The van der Waals surface area contributed by atoms with Crippen molar-refractivity contribution >= 4 is 29.8 Å². The highest BCUT2D eigenvalue weighted by molar-refractivity contribution is 6.15. The fraction of sp³-hybridized carbons (Fsp3) is 0.105. The fourth-order valence-electron chi connectivity index (χ4n) is 2.40. The van der Waals surface area contributed by atoms with Crippen molar-refractivity contribution in [2.45, 2.75) is 0 Å². The van der Waals surface area contributed by atoms with Crippen LogP contribution in [-0.4, -0.2) is 48.2 Å². The molecule has 1 aliphatic rings. The van der Waals surface area contributed by atoms with Crippen LogP contribution >= 0.6 is 0 Å². The number of fused-ring (bicyclic) bond motifs is 1. The van der Waals surface area contributed by atoms with Crippen molar-refractivity contribution in [3.05, 3.63) is 70.3 Å². The third kappa shape index (κ3) is 3.88. The zero-order chi connectivity index (χ0) is 20.3. The molecule has 0 saturated heterocycles. The van der Waals surface area contributed by atoms with Gasteiger partial charge in [-0.1, -0.05) is 0 Å². The topological polar surface area (TPSA) is 133 Å². The van der Waals surface area contributed by atoms with Gasteiger partial charge in [0.25, 0.3) is 0 Å². The predicted octanol–water partition coefficient (Wildman–Crippen LogP) is 1.71. The number of rotatable bonds is 6. The van der Waals surface area contributed by atoms with E-state index in [2.05, 4.69) is 4.74 Å². The molecule has 28 heavy (non-hydrogen) atoms. The third-order valence-corrected chi connectivity index (χ3v) is 3.80. The van der Waals surface area contributed by atoms with Crippen LogP contribution in [0.1, 0.15) is 51.8 Å². The Balaban J connectivity index is 1.50. The summed E-state index contributed by atoms with van der Waals surface area (Å²) >= 11 is 0. The Labute approximate surface area is 157 Å². The Bertz CT molecular complexity index is 989. The standard InChI is InChI=1S/C19H12O9/c20-15(21)10-1-3-11(4-2-10)16(22)26-7-8-27-17(23)12-5-6-13-14(9-12)19(25)28-18(13)24/h1-6,9H,7-8H2,(H,20,21). The monoisotopic (exact) mass is 384 g/mol. The summed E-state index contributed by atoms with van der Waals surface area (Å²) in [7, 11) is 0. The molecule has 0 saturated carbocycles. The normalized spacial score (nSPS) is 12.1. The highest BCUT2D eigenvalue weighted by atomic mass is 16.6. The van der Waals surface area contributed by atoms with Crippen molar-refractivity contribution in [3.8, 4) is 0 Å². The van der Waals surface area contributed by atoms with Gasteiger partial charge in [0.15, 0.2) is 0 Å². The van der Waals surface area contributed by atoms with Crippen LogP contribution in [0.2, 0.25) is 0 Å². The van der Waals surface area contributed by atoms with Gasteiger partial charge in [-0.2, -0.15) is 0 Å². The lowest BCUT2D eigenvalue weighted by Gasteiger charge is -2.07. The van der Waals surface area contributed by atoms with Crippen LogP contribution in [0.25, 0.3) is 0 Å². The number of carboxylic acids is 1. The molecule has 9 nitrogen and oxygen atoms in total. The molecule has 1 N–H and O–H groups in total. The second kappa shape index (κ2) is 7.70. The highest BCUT2D eigenvalue weighted by Crippen LogP contribution is 2.21. The SMILES string of the molecule is O=C(O)c1ccc(C(=O)OCCOC(=O)c2ccc3c(c2)C(=O)OC3=O)cc1. The molecular weight excluding hydrogens is 372 g/mol. The van der Waals surface area contributed by atoms with Crippen LogP contribution in [0.15, 0.2) is 42.5 Å². The van der Waals surface area contributed by atoms with Crippen molar-refractivity contribution in [3.63, 3.8) is 0 Å². The summed E-state index contributed by atoms with van der Waals surface area (Å²) in [5.74, 6) is -4.19. The molecule has 2 aromatic rings. The molecule has 0 unspecified atom stereocenters. The molecule has 142 valence electrons. The van der Waals surface area contributed by atoms with E-state index >= 15 is 0 Å². The maximum absolute atomic E-state index is 12.0. The zero-order valence-corrected chi connectivity index (χ0v) is 14.2. The Morgan fingerprint density at radius 2 is 1.25 bits per heavy atom. The van der Waals surface area contributed by atoms with Gasteiger partial charge in [-0.25, -0.2) is 24.0 Å². The molecule has 0 spiro atoms. The number of benzene rings is 2. The molecule has 0 radical (unpaired) electrons. The predicted molar refractivity (Wildman–Crippen MR) is 90.2 cm³/mol. The number of cyclic esters (lactones) is 2. The van der Waals surface area contributed by atoms with E-state index < -0.39 is 29.8 Å². The van der Waals surface area contributed by atoms with Gasteiger partial charge < -0.3 is 19.3 Å². The maximum atomic E-state index is 12.0. The lowest BCUT2D eigenvalue weighted by molar-refractivity contribution is 0.0265. The minimum absolute atomic E-state index is 0.0179. The first kappa shape index (κ1) is 18.8. The van der Waals surface area contributed by atoms with Crippen LogP contribution in [0, 0.1) is 0 Å². The van der Waals surface area contributed by atoms with E-state index in [0.717, 1.165) is 0 Å².